The lowest BCUT2D eigenvalue weighted by molar-refractivity contribution is 0.183. The van der Waals surface area contributed by atoms with Crippen LogP contribution in [0.15, 0.2) is 0 Å². The molecule has 94 valence electrons. The van der Waals surface area contributed by atoms with Crippen molar-refractivity contribution in [2.75, 3.05) is 0 Å². The second-order valence-corrected chi connectivity index (χ2v) is 11.7. The van der Waals surface area contributed by atoms with Crippen LogP contribution >= 0.6 is 15.9 Å². The van der Waals surface area contributed by atoms with Crippen molar-refractivity contribution in [3.05, 3.63) is 0 Å². The highest BCUT2D eigenvalue weighted by Gasteiger charge is 2.42. The standard InChI is InChI=1S/C12H21BrF2Si/c1-9(2)16(10(3)4,11(5)6)8-7-12(13,14)15/h9-11H,1-6H3. The first-order chi connectivity index (χ1) is 7.04. The third-order valence-electron chi connectivity index (χ3n) is 3.29. The lowest BCUT2D eigenvalue weighted by atomic mass is 10.5. The van der Waals surface area contributed by atoms with Crippen molar-refractivity contribution in [1.82, 2.24) is 0 Å². The maximum atomic E-state index is 12.8. The van der Waals surface area contributed by atoms with Gasteiger partial charge in [0.1, 0.15) is 8.07 Å². The van der Waals surface area contributed by atoms with E-state index in [9.17, 15) is 8.78 Å². The maximum absolute atomic E-state index is 12.8. The van der Waals surface area contributed by atoms with E-state index < -0.39 is 12.9 Å². The van der Waals surface area contributed by atoms with Gasteiger partial charge in [-0.3, -0.25) is 0 Å². The number of halogens is 3. The lowest BCUT2D eigenvalue weighted by Crippen LogP contribution is -2.43. The van der Waals surface area contributed by atoms with Crippen LogP contribution in [-0.4, -0.2) is 12.9 Å². The minimum absolute atomic E-state index is 0.384. The van der Waals surface area contributed by atoms with E-state index in [1.165, 1.54) is 0 Å². The molecule has 0 aliphatic carbocycles. The van der Waals surface area contributed by atoms with Crippen molar-refractivity contribution in [3.63, 3.8) is 0 Å². The average Bonchev–Trinajstić information content (AvgIpc) is 2.00. The van der Waals surface area contributed by atoms with E-state index in [1.807, 2.05) is 0 Å². The van der Waals surface area contributed by atoms with E-state index in [-0.39, 0.29) is 0 Å². The molecule has 0 spiro atoms. The molecule has 16 heavy (non-hydrogen) atoms. The molecule has 0 saturated carbocycles. The van der Waals surface area contributed by atoms with E-state index in [1.54, 1.807) is 0 Å². The van der Waals surface area contributed by atoms with Gasteiger partial charge < -0.3 is 0 Å². The summed E-state index contributed by atoms with van der Waals surface area (Å²) < 4.78 is 25.6. The summed E-state index contributed by atoms with van der Waals surface area (Å²) in [7, 11) is -2.01. The quantitative estimate of drug-likeness (QED) is 0.382. The number of hydrogen-bond acceptors (Lipinski definition) is 0. The number of hydrogen-bond donors (Lipinski definition) is 0. The third kappa shape index (κ3) is 3.85. The highest BCUT2D eigenvalue weighted by atomic mass is 79.9. The SMILES string of the molecule is CC(C)[Si](C#CC(F)(F)Br)(C(C)C)C(C)C. The summed E-state index contributed by atoms with van der Waals surface area (Å²) in [6.07, 6.45) is 0. The molecule has 0 heterocycles. The van der Waals surface area contributed by atoms with Gasteiger partial charge in [0, 0.05) is 15.9 Å². The van der Waals surface area contributed by atoms with Crippen molar-refractivity contribution in [3.8, 4) is 11.5 Å². The van der Waals surface area contributed by atoms with Crippen LogP contribution in [0.3, 0.4) is 0 Å². The van der Waals surface area contributed by atoms with Gasteiger partial charge in [0.15, 0.2) is 0 Å². The second kappa shape index (κ2) is 5.64. The number of rotatable bonds is 3. The third-order valence-corrected chi connectivity index (χ3v) is 9.78. The van der Waals surface area contributed by atoms with Crippen LogP contribution in [-0.2, 0) is 0 Å². The van der Waals surface area contributed by atoms with Gasteiger partial charge in [-0.2, -0.15) is 8.78 Å². The zero-order valence-electron chi connectivity index (χ0n) is 10.9. The Bertz CT molecular complexity index is 260. The molecule has 0 aromatic rings. The Kier molecular flexibility index (Phi) is 5.68. The molecule has 0 N–H and O–H groups in total. The molecule has 0 bridgehead atoms. The zero-order chi connectivity index (χ0) is 13.1. The van der Waals surface area contributed by atoms with Gasteiger partial charge in [-0.05, 0) is 22.5 Å². The number of alkyl halides is 3. The molecular formula is C12H21BrF2Si. The molecule has 0 atom stereocenters. The van der Waals surface area contributed by atoms with Crippen molar-refractivity contribution in [2.45, 2.75) is 63.0 Å². The van der Waals surface area contributed by atoms with Crippen LogP contribution in [0.4, 0.5) is 8.78 Å². The van der Waals surface area contributed by atoms with Crippen LogP contribution in [0.5, 0.6) is 0 Å². The van der Waals surface area contributed by atoms with Crippen molar-refractivity contribution >= 4 is 24.0 Å². The molecule has 0 unspecified atom stereocenters. The molecule has 0 radical (unpaired) electrons. The second-order valence-electron chi connectivity index (χ2n) is 5.14. The predicted octanol–water partition coefficient (Wildman–Crippen LogP) is 5.20. The maximum Gasteiger partial charge on any atom is 0.362 e. The highest BCUT2D eigenvalue weighted by Crippen LogP contribution is 2.41. The summed E-state index contributed by atoms with van der Waals surface area (Å²) in [6, 6.07) is 0. The Balaban J connectivity index is 5.45. The Hall–Kier alpha value is 0.117. The van der Waals surface area contributed by atoms with E-state index in [4.69, 9.17) is 0 Å². The van der Waals surface area contributed by atoms with Crippen molar-refractivity contribution in [1.29, 1.82) is 0 Å². The van der Waals surface area contributed by atoms with E-state index in [0.29, 0.717) is 16.6 Å². The van der Waals surface area contributed by atoms with Crippen LogP contribution in [0.1, 0.15) is 41.5 Å². The van der Waals surface area contributed by atoms with Crippen LogP contribution in [0, 0.1) is 11.5 Å². The fourth-order valence-electron chi connectivity index (χ4n) is 2.61. The Morgan fingerprint density at radius 3 is 1.44 bits per heavy atom. The lowest BCUT2D eigenvalue weighted by Gasteiger charge is -2.38. The summed E-state index contributed by atoms with van der Waals surface area (Å²) in [5.41, 5.74) is 4.12. The molecule has 0 nitrogen and oxygen atoms in total. The first-order valence-electron chi connectivity index (χ1n) is 5.65. The van der Waals surface area contributed by atoms with Gasteiger partial charge in [-0.1, -0.05) is 41.5 Å². The largest absolute Gasteiger partial charge is 0.362 e. The van der Waals surface area contributed by atoms with Crippen molar-refractivity contribution < 1.29 is 8.78 Å². The average molecular weight is 311 g/mol. The summed E-state index contributed by atoms with van der Waals surface area (Å²) >= 11 is 2.29. The molecular weight excluding hydrogens is 290 g/mol. The predicted molar refractivity (Wildman–Crippen MR) is 72.7 cm³/mol. The van der Waals surface area contributed by atoms with Gasteiger partial charge in [-0.15, -0.1) is 5.54 Å². The van der Waals surface area contributed by atoms with Crippen LogP contribution < -0.4 is 0 Å². The normalized spacial score (nSPS) is 13.2. The molecule has 0 fully saturated rings. The fourth-order valence-corrected chi connectivity index (χ4v) is 8.13. The Labute approximate surface area is 107 Å². The molecule has 0 aliphatic rings. The van der Waals surface area contributed by atoms with Gasteiger partial charge in [0.05, 0.1) is 0 Å². The molecule has 0 aromatic heterocycles. The smallest absolute Gasteiger partial charge is 0.180 e. The molecule has 4 heteroatoms. The van der Waals surface area contributed by atoms with Gasteiger partial charge in [0.25, 0.3) is 0 Å². The molecule has 0 aromatic carbocycles. The summed E-state index contributed by atoms with van der Waals surface area (Å²) in [6.45, 7) is 12.6. The summed E-state index contributed by atoms with van der Waals surface area (Å²) in [5.74, 6) is 2.10. The Morgan fingerprint density at radius 1 is 0.938 bits per heavy atom. The first-order valence-corrected chi connectivity index (χ1v) is 8.67. The topological polar surface area (TPSA) is 0 Å². The highest BCUT2D eigenvalue weighted by molar-refractivity contribution is 9.10. The Morgan fingerprint density at radius 2 is 1.25 bits per heavy atom. The zero-order valence-corrected chi connectivity index (χ0v) is 13.5. The van der Waals surface area contributed by atoms with Crippen molar-refractivity contribution in [2.24, 2.45) is 0 Å². The molecule has 0 aliphatic heterocycles. The first kappa shape index (κ1) is 16.1. The minimum Gasteiger partial charge on any atom is -0.180 e. The minimum atomic E-state index is -3.05. The molecule has 0 rings (SSSR count). The van der Waals surface area contributed by atoms with Crippen LogP contribution in [0.2, 0.25) is 16.6 Å². The van der Waals surface area contributed by atoms with Gasteiger partial charge >= 0.3 is 4.83 Å². The van der Waals surface area contributed by atoms with E-state index >= 15 is 0 Å². The monoisotopic (exact) mass is 310 g/mol. The molecule has 0 saturated heterocycles. The fraction of sp³-hybridized carbons (Fsp3) is 0.833. The summed E-state index contributed by atoms with van der Waals surface area (Å²) in [5, 5.41) is 0. The van der Waals surface area contributed by atoms with Gasteiger partial charge in [-0.25, -0.2) is 0 Å². The van der Waals surface area contributed by atoms with E-state index in [2.05, 4.69) is 68.9 Å². The van der Waals surface area contributed by atoms with Gasteiger partial charge in [0.2, 0.25) is 0 Å². The summed E-state index contributed by atoms with van der Waals surface area (Å²) in [4.78, 5) is -3.05. The molecule has 0 amide bonds. The van der Waals surface area contributed by atoms with Crippen LogP contribution in [0.25, 0.3) is 0 Å². The van der Waals surface area contributed by atoms with E-state index in [0.717, 1.165) is 0 Å².